The van der Waals surface area contributed by atoms with Crippen LogP contribution in [0.4, 0.5) is 19.2 Å². The van der Waals surface area contributed by atoms with Crippen LogP contribution in [0.15, 0.2) is 69.8 Å². The average Bonchev–Trinajstić information content (AvgIpc) is 3.40. The van der Waals surface area contributed by atoms with Gasteiger partial charge in [0.2, 0.25) is 5.89 Å². The number of hydrogen-bond acceptors (Lipinski definition) is 6. The number of rotatable bonds is 5. The maximum absolute atomic E-state index is 12.3. The summed E-state index contributed by atoms with van der Waals surface area (Å²) in [6.07, 6.45) is -4.80. The molecule has 0 saturated carbocycles. The van der Waals surface area contributed by atoms with Gasteiger partial charge in [-0.15, -0.1) is 18.3 Å². The number of carbonyl (C=O) groups excluding carboxylic acids is 1. The summed E-state index contributed by atoms with van der Waals surface area (Å²) < 4.78 is 45.9. The Morgan fingerprint density at radius 1 is 1.00 bits per heavy atom. The number of carbonyl (C=O) groups is 1. The Kier molecular flexibility index (Phi) is 5.23. The largest absolute Gasteiger partial charge is 0.573 e. The number of nitrogens with zero attached hydrogens (tertiary/aromatic N) is 2. The molecule has 2 aromatic heterocycles. The molecule has 0 aliphatic rings. The van der Waals surface area contributed by atoms with E-state index in [9.17, 15) is 18.0 Å². The highest BCUT2D eigenvalue weighted by atomic mass is 32.1. The van der Waals surface area contributed by atoms with Crippen LogP contribution in [0, 0.1) is 0 Å². The molecular formula is C20H12F3N3O3S. The van der Waals surface area contributed by atoms with Gasteiger partial charge in [-0.2, -0.15) is 11.3 Å². The molecule has 30 heavy (non-hydrogen) atoms. The van der Waals surface area contributed by atoms with Crippen molar-refractivity contribution in [3.05, 3.63) is 70.9 Å². The van der Waals surface area contributed by atoms with Gasteiger partial charge in [0.25, 0.3) is 5.91 Å². The highest BCUT2D eigenvalue weighted by Gasteiger charge is 2.31. The maximum atomic E-state index is 12.3. The monoisotopic (exact) mass is 431 g/mol. The van der Waals surface area contributed by atoms with E-state index in [4.69, 9.17) is 4.42 Å². The third-order valence-corrected chi connectivity index (χ3v) is 4.64. The summed E-state index contributed by atoms with van der Waals surface area (Å²) in [5.41, 5.74) is 2.83. The van der Waals surface area contributed by atoms with Crippen molar-refractivity contribution in [2.24, 2.45) is 0 Å². The molecule has 0 aliphatic carbocycles. The smallest absolute Gasteiger partial charge is 0.406 e. The Morgan fingerprint density at radius 2 is 1.77 bits per heavy atom. The van der Waals surface area contributed by atoms with E-state index in [1.54, 1.807) is 17.4 Å². The number of ether oxygens (including phenoxy) is 1. The van der Waals surface area contributed by atoms with Crippen LogP contribution < -0.4 is 10.1 Å². The quantitative estimate of drug-likeness (QED) is 0.444. The lowest BCUT2D eigenvalue weighted by molar-refractivity contribution is -0.274. The molecule has 0 fully saturated rings. The van der Waals surface area contributed by atoms with Crippen molar-refractivity contribution in [2.75, 3.05) is 5.32 Å². The number of nitrogens with one attached hydrogen (secondary N) is 1. The lowest BCUT2D eigenvalue weighted by Gasteiger charge is -2.08. The minimum Gasteiger partial charge on any atom is -0.406 e. The van der Waals surface area contributed by atoms with Gasteiger partial charge < -0.3 is 9.15 Å². The molecule has 2 aromatic carbocycles. The fourth-order valence-electron chi connectivity index (χ4n) is 2.63. The minimum atomic E-state index is -4.80. The summed E-state index contributed by atoms with van der Waals surface area (Å²) in [4.78, 5) is 12.3. The summed E-state index contributed by atoms with van der Waals surface area (Å²) in [5, 5.41) is 14.1. The van der Waals surface area contributed by atoms with Gasteiger partial charge in [-0.3, -0.25) is 10.1 Å². The lowest BCUT2D eigenvalue weighted by atomic mass is 10.1. The van der Waals surface area contributed by atoms with Crippen molar-refractivity contribution >= 4 is 23.3 Å². The molecule has 0 aliphatic heterocycles. The first-order chi connectivity index (χ1) is 14.4. The van der Waals surface area contributed by atoms with Gasteiger partial charge in [0.1, 0.15) is 5.75 Å². The van der Waals surface area contributed by atoms with Crippen LogP contribution in [0.1, 0.15) is 10.4 Å². The molecule has 10 heteroatoms. The van der Waals surface area contributed by atoms with Crippen LogP contribution in [0.25, 0.3) is 22.6 Å². The van der Waals surface area contributed by atoms with Gasteiger partial charge in [-0.1, -0.05) is 17.2 Å². The first-order valence-electron chi connectivity index (χ1n) is 8.51. The maximum Gasteiger partial charge on any atom is 0.573 e. The summed E-state index contributed by atoms with van der Waals surface area (Å²) >= 11 is 1.59. The zero-order chi connectivity index (χ0) is 21.1. The van der Waals surface area contributed by atoms with E-state index in [2.05, 4.69) is 20.3 Å². The molecule has 4 rings (SSSR count). The van der Waals surface area contributed by atoms with Crippen molar-refractivity contribution in [1.29, 1.82) is 0 Å². The third-order valence-electron chi connectivity index (χ3n) is 3.96. The van der Waals surface area contributed by atoms with Crippen LogP contribution in [0.2, 0.25) is 0 Å². The standard InChI is InChI=1S/C20H12F3N3O3S/c21-20(22,23)29-16-6-4-12(5-7-16)17(27)24-19-26-25-18(28-19)14-3-1-2-13(10-14)15-8-9-30-11-15/h1-11H,(H,24,26,27). The summed E-state index contributed by atoms with van der Waals surface area (Å²) in [6, 6.07) is 13.8. The van der Waals surface area contributed by atoms with Crippen molar-refractivity contribution < 1.29 is 27.1 Å². The molecule has 152 valence electrons. The van der Waals surface area contributed by atoms with Gasteiger partial charge in [0.05, 0.1) is 0 Å². The first-order valence-corrected chi connectivity index (χ1v) is 9.45. The van der Waals surface area contributed by atoms with Crippen molar-refractivity contribution in [2.45, 2.75) is 6.36 Å². The normalized spacial score (nSPS) is 11.3. The Labute approximate surface area is 171 Å². The van der Waals surface area contributed by atoms with Gasteiger partial charge in [-0.05, 0) is 64.4 Å². The second kappa shape index (κ2) is 7.99. The van der Waals surface area contributed by atoms with Crippen LogP contribution in [0.3, 0.4) is 0 Å². The number of anilines is 1. The summed E-state index contributed by atoms with van der Waals surface area (Å²) in [5.74, 6) is -0.822. The lowest BCUT2D eigenvalue weighted by Crippen LogP contribution is -2.17. The Bertz CT molecular complexity index is 1160. The van der Waals surface area contributed by atoms with E-state index in [1.165, 1.54) is 12.1 Å². The van der Waals surface area contributed by atoms with Gasteiger partial charge in [0.15, 0.2) is 0 Å². The van der Waals surface area contributed by atoms with E-state index in [0.29, 0.717) is 5.56 Å². The molecule has 0 unspecified atom stereocenters. The molecule has 4 aromatic rings. The predicted molar refractivity (Wildman–Crippen MR) is 104 cm³/mol. The van der Waals surface area contributed by atoms with E-state index in [1.807, 2.05) is 35.0 Å². The zero-order valence-electron chi connectivity index (χ0n) is 15.0. The van der Waals surface area contributed by atoms with E-state index >= 15 is 0 Å². The number of alkyl halides is 3. The average molecular weight is 431 g/mol. The molecule has 1 N–H and O–H groups in total. The first kappa shape index (κ1) is 19.6. The number of hydrogen-bond donors (Lipinski definition) is 1. The predicted octanol–water partition coefficient (Wildman–Crippen LogP) is 5.62. The molecule has 0 radical (unpaired) electrons. The summed E-state index contributed by atoms with van der Waals surface area (Å²) in [6.45, 7) is 0. The molecule has 1 amide bonds. The molecule has 2 heterocycles. The number of benzene rings is 2. The van der Waals surface area contributed by atoms with Crippen LogP contribution in [-0.2, 0) is 0 Å². The second-order valence-electron chi connectivity index (χ2n) is 6.03. The molecule has 0 saturated heterocycles. The van der Waals surface area contributed by atoms with E-state index in [0.717, 1.165) is 23.3 Å². The van der Waals surface area contributed by atoms with Gasteiger partial charge in [-0.25, -0.2) is 0 Å². The van der Waals surface area contributed by atoms with Gasteiger partial charge in [0, 0.05) is 11.1 Å². The Morgan fingerprint density at radius 3 is 2.47 bits per heavy atom. The fourth-order valence-corrected chi connectivity index (χ4v) is 3.29. The van der Waals surface area contributed by atoms with Crippen LogP contribution >= 0.6 is 11.3 Å². The van der Waals surface area contributed by atoms with Gasteiger partial charge >= 0.3 is 12.4 Å². The summed E-state index contributed by atoms with van der Waals surface area (Å²) in [7, 11) is 0. The van der Waals surface area contributed by atoms with Crippen molar-refractivity contribution in [3.8, 4) is 28.3 Å². The molecule has 0 spiro atoms. The molecule has 6 nitrogen and oxygen atoms in total. The van der Waals surface area contributed by atoms with Crippen LogP contribution in [-0.4, -0.2) is 22.5 Å². The number of thiophene rings is 1. The van der Waals surface area contributed by atoms with E-state index < -0.39 is 18.0 Å². The number of halogens is 3. The SMILES string of the molecule is O=C(Nc1nnc(-c2cccc(-c3ccsc3)c2)o1)c1ccc(OC(F)(F)F)cc1. The molecule has 0 bridgehead atoms. The topological polar surface area (TPSA) is 77.3 Å². The second-order valence-corrected chi connectivity index (χ2v) is 6.81. The Hall–Kier alpha value is -3.66. The minimum absolute atomic E-state index is 0.101. The number of aromatic nitrogens is 2. The third kappa shape index (κ3) is 4.66. The number of amides is 1. The van der Waals surface area contributed by atoms with Crippen LogP contribution in [0.5, 0.6) is 5.75 Å². The zero-order valence-corrected chi connectivity index (χ0v) is 15.8. The van der Waals surface area contributed by atoms with E-state index in [-0.39, 0.29) is 17.5 Å². The van der Waals surface area contributed by atoms with Crippen molar-refractivity contribution in [1.82, 2.24) is 10.2 Å². The highest BCUT2D eigenvalue weighted by Crippen LogP contribution is 2.28. The van der Waals surface area contributed by atoms with Crippen molar-refractivity contribution in [3.63, 3.8) is 0 Å². The highest BCUT2D eigenvalue weighted by molar-refractivity contribution is 7.08. The Balaban J connectivity index is 1.46. The molecular weight excluding hydrogens is 419 g/mol. The molecule has 0 atom stereocenters. The fraction of sp³-hybridized carbons (Fsp3) is 0.0500.